The second kappa shape index (κ2) is 7.22. The summed E-state index contributed by atoms with van der Waals surface area (Å²) in [5.74, 6) is -1.35. The third-order valence-corrected chi connectivity index (χ3v) is 6.21. The van der Waals surface area contributed by atoms with Crippen LogP contribution in [-0.4, -0.2) is 40.9 Å². The van der Waals surface area contributed by atoms with Gasteiger partial charge in [-0.25, -0.2) is 13.7 Å². The summed E-state index contributed by atoms with van der Waals surface area (Å²) in [6.07, 6.45) is 3.01. The Kier molecular flexibility index (Phi) is 4.83. The monoisotopic (exact) mass is 447 g/mol. The molecule has 2 heterocycles. The lowest BCUT2D eigenvalue weighted by molar-refractivity contribution is -0.113. The number of imidazole rings is 1. The van der Waals surface area contributed by atoms with Crippen LogP contribution in [0.25, 0.3) is 11.0 Å². The Morgan fingerprint density at radius 2 is 1.93 bits per heavy atom. The first kappa shape index (κ1) is 20.0. The van der Waals surface area contributed by atoms with Crippen LogP contribution in [0.2, 0.25) is 5.02 Å². The summed E-state index contributed by atoms with van der Waals surface area (Å²) < 4.78 is 44.8. The van der Waals surface area contributed by atoms with Crippen LogP contribution >= 0.6 is 11.6 Å². The zero-order chi connectivity index (χ0) is 21.6. The predicted octanol–water partition coefficient (Wildman–Crippen LogP) is 2.87. The van der Waals surface area contributed by atoms with E-state index in [0.29, 0.717) is 11.1 Å². The number of hydrogen-bond acceptors (Lipinski definition) is 4. The smallest absolute Gasteiger partial charge is 0.334 e. The fourth-order valence-corrected chi connectivity index (χ4v) is 4.06. The summed E-state index contributed by atoms with van der Waals surface area (Å²) >= 11 is 5.74. The van der Waals surface area contributed by atoms with Gasteiger partial charge in [0.2, 0.25) is 0 Å². The van der Waals surface area contributed by atoms with E-state index in [2.05, 4.69) is 14.7 Å². The Balaban J connectivity index is 1.72. The Morgan fingerprint density at radius 3 is 2.67 bits per heavy atom. The molecule has 154 valence electrons. The van der Waals surface area contributed by atoms with Crippen LogP contribution in [0, 0.1) is 5.82 Å². The van der Waals surface area contributed by atoms with Crippen molar-refractivity contribution in [3.05, 3.63) is 70.9 Å². The molecule has 1 aliphatic heterocycles. The highest BCUT2D eigenvalue weighted by Crippen LogP contribution is 2.24. The van der Waals surface area contributed by atoms with E-state index in [0.717, 1.165) is 15.9 Å². The van der Waals surface area contributed by atoms with Crippen LogP contribution in [0.15, 0.2) is 58.9 Å². The number of benzene rings is 2. The van der Waals surface area contributed by atoms with Crippen LogP contribution in [0.3, 0.4) is 0 Å². The van der Waals surface area contributed by atoms with Gasteiger partial charge in [0.15, 0.2) is 0 Å². The molecule has 0 spiro atoms. The maximum Gasteiger partial charge on any atom is 0.345 e. The highest BCUT2D eigenvalue weighted by Gasteiger charge is 2.30. The van der Waals surface area contributed by atoms with Crippen LogP contribution in [0.5, 0.6) is 0 Å². The van der Waals surface area contributed by atoms with Gasteiger partial charge in [-0.15, -0.1) is 4.40 Å². The average Bonchev–Trinajstić information content (AvgIpc) is 3.07. The molecule has 1 aromatic heterocycles. The van der Waals surface area contributed by atoms with Gasteiger partial charge in [-0.05, 0) is 36.4 Å². The maximum absolute atomic E-state index is 13.3. The lowest BCUT2D eigenvalue weighted by Crippen LogP contribution is -2.35. The number of nitrogens with zero attached hydrogens (tertiary/aromatic N) is 4. The van der Waals surface area contributed by atoms with Crippen LogP contribution in [-0.2, 0) is 22.1 Å². The van der Waals surface area contributed by atoms with Gasteiger partial charge < -0.3 is 9.88 Å². The molecule has 1 aliphatic rings. The van der Waals surface area contributed by atoms with Crippen molar-refractivity contribution in [2.24, 2.45) is 11.4 Å². The van der Waals surface area contributed by atoms with Crippen molar-refractivity contribution in [1.29, 1.82) is 0 Å². The van der Waals surface area contributed by atoms with E-state index >= 15 is 0 Å². The maximum atomic E-state index is 13.3. The van der Waals surface area contributed by atoms with Gasteiger partial charge in [0.1, 0.15) is 11.5 Å². The van der Waals surface area contributed by atoms with E-state index in [1.165, 1.54) is 25.3 Å². The topological polar surface area (TPSA) is 96.7 Å². The molecule has 0 saturated carbocycles. The molecule has 0 radical (unpaired) electrons. The number of aromatic nitrogens is 2. The number of hydrogen-bond donors (Lipinski definition) is 1. The lowest BCUT2D eigenvalue weighted by Gasteiger charge is -2.23. The molecule has 2 aromatic carbocycles. The molecule has 0 aliphatic carbocycles. The summed E-state index contributed by atoms with van der Waals surface area (Å²) in [5, 5.41) is 2.35. The summed E-state index contributed by atoms with van der Waals surface area (Å²) in [6.45, 7) is 0. The molecule has 11 heteroatoms. The average molecular weight is 448 g/mol. The highest BCUT2D eigenvalue weighted by atomic mass is 35.5. The summed E-state index contributed by atoms with van der Waals surface area (Å²) in [4.78, 5) is 17.0. The van der Waals surface area contributed by atoms with E-state index in [1.807, 2.05) is 11.6 Å². The van der Waals surface area contributed by atoms with Crippen molar-refractivity contribution in [1.82, 2.24) is 13.9 Å². The Hall–Kier alpha value is -3.24. The second-order valence-electron chi connectivity index (χ2n) is 6.59. The highest BCUT2D eigenvalue weighted by molar-refractivity contribution is 7.88. The molecule has 4 rings (SSSR count). The Labute approximate surface area is 176 Å². The molecule has 8 nitrogen and oxygen atoms in total. The number of amides is 1. The third-order valence-electron chi connectivity index (χ3n) is 4.60. The number of nitrogens with one attached hydrogen (secondary N) is 1. The molecule has 30 heavy (non-hydrogen) atoms. The molecule has 0 unspecified atom stereocenters. The summed E-state index contributed by atoms with van der Waals surface area (Å²) in [7, 11) is -1.06. The zero-order valence-corrected chi connectivity index (χ0v) is 17.4. The van der Waals surface area contributed by atoms with E-state index in [1.54, 1.807) is 24.5 Å². The molecule has 3 aromatic rings. The molecular formula is C19H15ClFN5O3S. The van der Waals surface area contributed by atoms with E-state index in [9.17, 15) is 17.6 Å². The fraction of sp³-hybridized carbons (Fsp3) is 0.105. The van der Waals surface area contributed by atoms with Crippen molar-refractivity contribution in [3.8, 4) is 0 Å². The predicted molar refractivity (Wildman–Crippen MR) is 112 cm³/mol. The third kappa shape index (κ3) is 3.55. The lowest BCUT2D eigenvalue weighted by atomic mass is 10.1. The number of allylic oxidation sites excluding steroid dienone is 1. The fourth-order valence-electron chi connectivity index (χ4n) is 2.97. The van der Waals surface area contributed by atoms with Crippen LogP contribution in [0.1, 0.15) is 5.56 Å². The largest absolute Gasteiger partial charge is 0.345 e. The number of anilines is 1. The number of rotatable bonds is 3. The first-order chi connectivity index (χ1) is 14.2. The van der Waals surface area contributed by atoms with Crippen molar-refractivity contribution in [2.45, 2.75) is 0 Å². The molecule has 0 atom stereocenters. The first-order valence-corrected chi connectivity index (χ1v) is 10.4. The Morgan fingerprint density at radius 1 is 1.17 bits per heavy atom. The van der Waals surface area contributed by atoms with Gasteiger partial charge in [-0.3, -0.25) is 4.79 Å². The second-order valence-corrected chi connectivity index (χ2v) is 8.63. The van der Waals surface area contributed by atoms with Crippen molar-refractivity contribution in [2.75, 3.05) is 12.4 Å². The molecule has 0 bridgehead atoms. The normalized spacial score (nSPS) is 15.7. The Bertz CT molecular complexity index is 1360. The van der Waals surface area contributed by atoms with Gasteiger partial charge in [0.25, 0.3) is 5.91 Å². The minimum Gasteiger partial charge on any atom is -0.334 e. The molecule has 1 amide bonds. The summed E-state index contributed by atoms with van der Waals surface area (Å²) in [5.41, 5.74) is 2.19. The minimum atomic E-state index is -4.13. The number of likely N-dealkylation sites (N-methyl/N-ethyl adjacent to an activating group) is 1. The SMILES string of the molecule is CN1C(C(=O)Nc2ccc(F)c(Cl)c2)=CC(c2ccc3c(c2)ncn3C)=NS1(=O)=O. The molecule has 0 fully saturated rings. The van der Waals surface area contributed by atoms with Gasteiger partial charge in [0.05, 0.1) is 28.1 Å². The van der Waals surface area contributed by atoms with Gasteiger partial charge in [0, 0.05) is 25.3 Å². The number of carbonyl (C=O) groups excluding carboxylic acids is 1. The zero-order valence-electron chi connectivity index (χ0n) is 15.8. The number of carbonyl (C=O) groups is 1. The van der Waals surface area contributed by atoms with E-state index in [-0.39, 0.29) is 22.1 Å². The summed E-state index contributed by atoms with van der Waals surface area (Å²) in [6, 6.07) is 8.84. The molecule has 1 N–H and O–H groups in total. The number of halogens is 2. The van der Waals surface area contributed by atoms with E-state index in [4.69, 9.17) is 11.6 Å². The standard InChI is InChI=1S/C19H15ClFN5O3S/c1-25-10-22-16-7-11(3-6-17(16)25)15-9-18(26(2)30(28,29)24-15)19(27)23-12-4-5-14(21)13(20)8-12/h3-10H,1-2H3,(H,23,27). The quantitative estimate of drug-likeness (QED) is 0.667. The van der Waals surface area contributed by atoms with Gasteiger partial charge >= 0.3 is 10.2 Å². The van der Waals surface area contributed by atoms with E-state index < -0.39 is 21.9 Å². The minimum absolute atomic E-state index is 0.0999. The van der Waals surface area contributed by atoms with Crippen molar-refractivity contribution >= 4 is 50.1 Å². The van der Waals surface area contributed by atoms with Gasteiger partial charge in [-0.1, -0.05) is 17.7 Å². The van der Waals surface area contributed by atoms with Crippen LogP contribution < -0.4 is 5.32 Å². The van der Waals surface area contributed by atoms with Crippen molar-refractivity contribution < 1.29 is 17.6 Å². The number of aryl methyl sites for hydroxylation is 1. The van der Waals surface area contributed by atoms with Crippen LogP contribution in [0.4, 0.5) is 10.1 Å². The molecular weight excluding hydrogens is 433 g/mol. The molecule has 0 saturated heterocycles. The van der Waals surface area contributed by atoms with Crippen molar-refractivity contribution in [3.63, 3.8) is 0 Å². The first-order valence-electron chi connectivity index (χ1n) is 8.64. The number of fused-ring (bicyclic) bond motifs is 1. The van der Waals surface area contributed by atoms with Gasteiger partial charge in [-0.2, -0.15) is 8.42 Å².